The van der Waals surface area contributed by atoms with Gasteiger partial charge in [-0.15, -0.1) is 0 Å². The Morgan fingerprint density at radius 3 is 2.56 bits per heavy atom. The molecule has 0 N–H and O–H groups in total. The van der Waals surface area contributed by atoms with Crippen LogP contribution >= 0.6 is 0 Å². The Morgan fingerprint density at radius 1 is 1.00 bits per heavy atom. The first-order valence-corrected chi connectivity index (χ1v) is 8.17. The summed E-state index contributed by atoms with van der Waals surface area (Å²) in [5, 5.41) is 0. The Hall–Kier alpha value is -0.0800. The average molecular weight is 254 g/mol. The standard InChI is InChI=1S/C16H34N2/c1-4-6-13-18(11-5-2)15-10-16-8-7-12-17(3)14-9-16/h16H,4-15H2,1-3H3. The molecule has 1 unspecified atom stereocenters. The molecule has 0 aliphatic carbocycles. The zero-order valence-electron chi connectivity index (χ0n) is 13.0. The lowest BCUT2D eigenvalue weighted by Gasteiger charge is -2.24. The predicted octanol–water partition coefficient (Wildman–Crippen LogP) is 3.62. The fraction of sp³-hybridized carbons (Fsp3) is 1.00. The van der Waals surface area contributed by atoms with Gasteiger partial charge in [-0.2, -0.15) is 0 Å². The first kappa shape index (κ1) is 16.0. The number of unbranched alkanes of at least 4 members (excludes halogenated alkanes) is 1. The van der Waals surface area contributed by atoms with Crippen molar-refractivity contribution in [2.75, 3.05) is 39.8 Å². The molecule has 0 aromatic carbocycles. The molecule has 2 nitrogen and oxygen atoms in total. The van der Waals surface area contributed by atoms with E-state index in [1.807, 2.05) is 0 Å². The van der Waals surface area contributed by atoms with Crippen LogP contribution in [0.25, 0.3) is 0 Å². The molecule has 1 rings (SSSR count). The maximum atomic E-state index is 2.69. The quantitative estimate of drug-likeness (QED) is 0.653. The van der Waals surface area contributed by atoms with Crippen LogP contribution in [0.1, 0.15) is 58.8 Å². The Labute approximate surface area is 115 Å². The van der Waals surface area contributed by atoms with E-state index in [9.17, 15) is 0 Å². The van der Waals surface area contributed by atoms with Crippen molar-refractivity contribution in [1.29, 1.82) is 0 Å². The second-order valence-electron chi connectivity index (χ2n) is 6.08. The Morgan fingerprint density at radius 2 is 1.83 bits per heavy atom. The number of likely N-dealkylation sites (tertiary alicyclic amines) is 1. The van der Waals surface area contributed by atoms with Crippen molar-refractivity contribution < 1.29 is 0 Å². The third-order valence-corrected chi connectivity index (χ3v) is 4.29. The van der Waals surface area contributed by atoms with E-state index < -0.39 is 0 Å². The van der Waals surface area contributed by atoms with Gasteiger partial charge >= 0.3 is 0 Å². The van der Waals surface area contributed by atoms with Gasteiger partial charge in [0.05, 0.1) is 0 Å². The highest BCUT2D eigenvalue weighted by molar-refractivity contribution is 4.70. The SMILES string of the molecule is CCCCN(CCC)CCC1CCCN(C)CC1. The second kappa shape index (κ2) is 9.80. The monoisotopic (exact) mass is 254 g/mol. The maximum absolute atomic E-state index is 2.69. The zero-order valence-corrected chi connectivity index (χ0v) is 13.0. The van der Waals surface area contributed by atoms with Gasteiger partial charge in [-0.25, -0.2) is 0 Å². The molecule has 1 saturated heterocycles. The first-order valence-electron chi connectivity index (χ1n) is 8.17. The van der Waals surface area contributed by atoms with Gasteiger partial charge in [0.25, 0.3) is 0 Å². The molecule has 1 heterocycles. The molecule has 18 heavy (non-hydrogen) atoms. The van der Waals surface area contributed by atoms with Crippen LogP contribution in [0.2, 0.25) is 0 Å². The molecule has 2 heteroatoms. The summed E-state index contributed by atoms with van der Waals surface area (Å²) < 4.78 is 0. The topological polar surface area (TPSA) is 6.48 Å². The normalized spacial score (nSPS) is 22.3. The van der Waals surface area contributed by atoms with Crippen LogP contribution in [0.5, 0.6) is 0 Å². The van der Waals surface area contributed by atoms with Crippen LogP contribution in [0.4, 0.5) is 0 Å². The van der Waals surface area contributed by atoms with Crippen LogP contribution < -0.4 is 0 Å². The van der Waals surface area contributed by atoms with Gasteiger partial charge in [-0.05, 0) is 84.2 Å². The summed E-state index contributed by atoms with van der Waals surface area (Å²) >= 11 is 0. The van der Waals surface area contributed by atoms with Crippen molar-refractivity contribution in [3.63, 3.8) is 0 Å². The van der Waals surface area contributed by atoms with Crippen molar-refractivity contribution in [1.82, 2.24) is 9.80 Å². The molecule has 1 aliphatic heterocycles. The van der Waals surface area contributed by atoms with E-state index in [1.54, 1.807) is 0 Å². The van der Waals surface area contributed by atoms with Crippen LogP contribution in [0.15, 0.2) is 0 Å². The molecule has 1 atom stereocenters. The lowest BCUT2D eigenvalue weighted by molar-refractivity contribution is 0.240. The average Bonchev–Trinajstić information content (AvgIpc) is 2.58. The molecule has 1 aliphatic rings. The van der Waals surface area contributed by atoms with E-state index in [0.717, 1.165) is 5.92 Å². The molecule has 0 saturated carbocycles. The minimum atomic E-state index is 0.982. The molecule has 0 aromatic rings. The highest BCUT2D eigenvalue weighted by Gasteiger charge is 2.15. The van der Waals surface area contributed by atoms with Crippen molar-refractivity contribution in [3.05, 3.63) is 0 Å². The minimum absolute atomic E-state index is 0.982. The highest BCUT2D eigenvalue weighted by atomic mass is 15.1. The highest BCUT2D eigenvalue weighted by Crippen LogP contribution is 2.20. The molecular formula is C16H34N2. The second-order valence-corrected chi connectivity index (χ2v) is 6.08. The molecule has 0 amide bonds. The molecule has 108 valence electrons. The first-order chi connectivity index (χ1) is 8.76. The summed E-state index contributed by atoms with van der Waals surface area (Å²) in [6.45, 7) is 11.2. The lowest BCUT2D eigenvalue weighted by Crippen LogP contribution is -2.28. The van der Waals surface area contributed by atoms with E-state index in [2.05, 4.69) is 30.7 Å². The maximum Gasteiger partial charge on any atom is -0.00161 e. The Kier molecular flexibility index (Phi) is 8.70. The summed E-state index contributed by atoms with van der Waals surface area (Å²) in [4.78, 5) is 5.19. The van der Waals surface area contributed by atoms with E-state index in [4.69, 9.17) is 0 Å². The van der Waals surface area contributed by atoms with Crippen LogP contribution in [-0.2, 0) is 0 Å². The summed E-state index contributed by atoms with van der Waals surface area (Å²) in [5.41, 5.74) is 0. The van der Waals surface area contributed by atoms with E-state index >= 15 is 0 Å². The lowest BCUT2D eigenvalue weighted by atomic mass is 9.96. The largest absolute Gasteiger partial charge is 0.306 e. The Balaban J connectivity index is 2.22. The molecule has 1 fully saturated rings. The van der Waals surface area contributed by atoms with Crippen molar-refractivity contribution >= 4 is 0 Å². The van der Waals surface area contributed by atoms with Crippen LogP contribution in [-0.4, -0.2) is 49.6 Å². The third kappa shape index (κ3) is 6.75. The molecule has 0 spiro atoms. The van der Waals surface area contributed by atoms with Crippen molar-refractivity contribution in [3.8, 4) is 0 Å². The van der Waals surface area contributed by atoms with Crippen LogP contribution in [0.3, 0.4) is 0 Å². The van der Waals surface area contributed by atoms with Gasteiger partial charge in [-0.1, -0.05) is 20.3 Å². The summed E-state index contributed by atoms with van der Waals surface area (Å²) in [7, 11) is 2.27. The van der Waals surface area contributed by atoms with Gasteiger partial charge in [0.2, 0.25) is 0 Å². The molecular weight excluding hydrogens is 220 g/mol. The Bertz CT molecular complexity index is 190. The third-order valence-electron chi connectivity index (χ3n) is 4.29. The van der Waals surface area contributed by atoms with Gasteiger partial charge in [-0.3, -0.25) is 0 Å². The van der Waals surface area contributed by atoms with E-state index in [0.29, 0.717) is 0 Å². The number of rotatable bonds is 8. The summed E-state index contributed by atoms with van der Waals surface area (Å²) in [5.74, 6) is 0.982. The molecule has 0 radical (unpaired) electrons. The summed E-state index contributed by atoms with van der Waals surface area (Å²) in [6, 6.07) is 0. The minimum Gasteiger partial charge on any atom is -0.306 e. The van der Waals surface area contributed by atoms with Gasteiger partial charge in [0, 0.05) is 0 Å². The van der Waals surface area contributed by atoms with Crippen molar-refractivity contribution in [2.45, 2.75) is 58.8 Å². The van der Waals surface area contributed by atoms with Crippen LogP contribution in [0, 0.1) is 5.92 Å². The fourth-order valence-electron chi connectivity index (χ4n) is 3.00. The van der Waals surface area contributed by atoms with E-state index in [1.165, 1.54) is 77.7 Å². The number of hydrogen-bond acceptors (Lipinski definition) is 2. The molecule has 0 bridgehead atoms. The van der Waals surface area contributed by atoms with Crippen molar-refractivity contribution in [2.24, 2.45) is 5.92 Å². The predicted molar refractivity (Wildman–Crippen MR) is 81.1 cm³/mol. The van der Waals surface area contributed by atoms with E-state index in [-0.39, 0.29) is 0 Å². The van der Waals surface area contributed by atoms with Gasteiger partial charge < -0.3 is 9.80 Å². The fourth-order valence-corrected chi connectivity index (χ4v) is 3.00. The summed E-state index contributed by atoms with van der Waals surface area (Å²) in [6.07, 6.45) is 9.71. The molecule has 0 aromatic heterocycles. The number of hydrogen-bond donors (Lipinski definition) is 0. The smallest absolute Gasteiger partial charge is 0.00161 e. The van der Waals surface area contributed by atoms with Gasteiger partial charge in [0.15, 0.2) is 0 Å². The van der Waals surface area contributed by atoms with Gasteiger partial charge in [0.1, 0.15) is 0 Å². The zero-order chi connectivity index (χ0) is 13.2. The number of nitrogens with zero attached hydrogens (tertiary/aromatic N) is 2.